The Morgan fingerprint density at radius 1 is 0.947 bits per heavy atom. The molecule has 0 bridgehead atoms. The van der Waals surface area contributed by atoms with Crippen molar-refractivity contribution in [3.05, 3.63) is 77.9 Å². The normalized spacial score (nSPS) is 11.8. The van der Waals surface area contributed by atoms with E-state index in [-0.39, 0.29) is 0 Å². The molecule has 1 unspecified atom stereocenters. The molecule has 19 heavy (non-hydrogen) atoms. The molecular weight excluding hydrogens is 228 g/mol. The van der Waals surface area contributed by atoms with E-state index in [1.54, 1.807) is 0 Å². The summed E-state index contributed by atoms with van der Waals surface area (Å²) in [6, 6.07) is 20.5. The van der Waals surface area contributed by atoms with Crippen LogP contribution in [0.2, 0.25) is 0 Å². The third-order valence-corrected chi connectivity index (χ3v) is 2.94. The van der Waals surface area contributed by atoms with E-state index in [0.29, 0.717) is 5.92 Å². The fraction of sp³-hybridized carbons (Fsp3) is 0.158. The summed E-state index contributed by atoms with van der Waals surface area (Å²) in [5.74, 6) is 6.86. The summed E-state index contributed by atoms with van der Waals surface area (Å²) in [6.45, 7) is 2.17. The van der Waals surface area contributed by atoms with E-state index in [0.717, 1.165) is 12.0 Å². The molecule has 2 rings (SSSR count). The molecule has 0 heterocycles. The molecule has 0 fully saturated rings. The summed E-state index contributed by atoms with van der Waals surface area (Å²) in [4.78, 5) is 0. The van der Waals surface area contributed by atoms with Crippen LogP contribution in [0.5, 0.6) is 0 Å². The summed E-state index contributed by atoms with van der Waals surface area (Å²) >= 11 is 0. The highest BCUT2D eigenvalue weighted by Crippen LogP contribution is 2.08. The number of benzene rings is 2. The van der Waals surface area contributed by atoms with Crippen LogP contribution < -0.4 is 0 Å². The maximum atomic E-state index is 3.32. The quantitative estimate of drug-likeness (QED) is 0.684. The first-order valence-corrected chi connectivity index (χ1v) is 6.68. The molecule has 1 atom stereocenters. The van der Waals surface area contributed by atoms with Crippen molar-refractivity contribution < 1.29 is 0 Å². The van der Waals surface area contributed by atoms with E-state index >= 15 is 0 Å². The number of hydrogen-bond acceptors (Lipinski definition) is 0. The molecule has 94 valence electrons. The van der Waals surface area contributed by atoms with Gasteiger partial charge in [0, 0.05) is 11.5 Å². The van der Waals surface area contributed by atoms with E-state index in [2.05, 4.69) is 55.2 Å². The zero-order valence-electron chi connectivity index (χ0n) is 11.2. The highest BCUT2D eigenvalue weighted by atomic mass is 14.0. The highest BCUT2D eigenvalue weighted by molar-refractivity contribution is 5.50. The molecular formula is C19H18. The first-order chi connectivity index (χ1) is 9.38. The van der Waals surface area contributed by atoms with E-state index in [4.69, 9.17) is 0 Å². The van der Waals surface area contributed by atoms with E-state index in [1.165, 1.54) is 5.56 Å². The SMILES string of the molecule is CCC(C#Cc1ccccc1)/C=C/c1ccccc1. The minimum atomic E-state index is 0.306. The highest BCUT2D eigenvalue weighted by Gasteiger charge is 1.95. The second-order valence-electron chi connectivity index (χ2n) is 4.42. The summed E-state index contributed by atoms with van der Waals surface area (Å²) in [5, 5.41) is 0. The predicted octanol–water partition coefficient (Wildman–Crippen LogP) is 4.78. The minimum absolute atomic E-state index is 0.306. The van der Waals surface area contributed by atoms with Crippen molar-refractivity contribution in [2.45, 2.75) is 13.3 Å². The molecule has 0 aromatic heterocycles. The predicted molar refractivity (Wildman–Crippen MR) is 82.6 cm³/mol. The lowest BCUT2D eigenvalue weighted by Crippen LogP contribution is -1.89. The first kappa shape index (κ1) is 13.2. The third-order valence-electron chi connectivity index (χ3n) is 2.94. The van der Waals surface area contributed by atoms with Crippen molar-refractivity contribution in [2.75, 3.05) is 0 Å². The lowest BCUT2D eigenvalue weighted by Gasteiger charge is -2.00. The van der Waals surface area contributed by atoms with Gasteiger partial charge in [-0.2, -0.15) is 0 Å². The second kappa shape index (κ2) is 7.24. The van der Waals surface area contributed by atoms with Crippen LogP contribution in [0, 0.1) is 17.8 Å². The van der Waals surface area contributed by atoms with Crippen LogP contribution in [-0.2, 0) is 0 Å². The van der Waals surface area contributed by atoms with Gasteiger partial charge in [-0.05, 0) is 24.1 Å². The smallest absolute Gasteiger partial charge is 0.0387 e. The van der Waals surface area contributed by atoms with E-state index in [9.17, 15) is 0 Å². The van der Waals surface area contributed by atoms with Crippen molar-refractivity contribution in [3.63, 3.8) is 0 Å². The topological polar surface area (TPSA) is 0 Å². The van der Waals surface area contributed by atoms with Gasteiger partial charge in [0.2, 0.25) is 0 Å². The van der Waals surface area contributed by atoms with Gasteiger partial charge in [-0.15, -0.1) is 0 Å². The molecule has 0 heteroatoms. The Bertz CT molecular complexity index is 568. The standard InChI is InChI=1S/C19H18/c1-2-17(13-15-18-9-5-3-6-10-18)14-16-19-11-7-4-8-12-19/h3-13,15,17H,2H2,1H3/b15-13+. The fourth-order valence-corrected chi connectivity index (χ4v) is 1.78. The molecule has 0 radical (unpaired) electrons. The second-order valence-corrected chi connectivity index (χ2v) is 4.42. The summed E-state index contributed by atoms with van der Waals surface area (Å²) in [5.41, 5.74) is 2.30. The van der Waals surface area contributed by atoms with Gasteiger partial charge >= 0.3 is 0 Å². The molecule has 0 aliphatic rings. The van der Waals surface area contributed by atoms with Crippen LogP contribution in [0.4, 0.5) is 0 Å². The van der Waals surface area contributed by atoms with Crippen LogP contribution in [0.3, 0.4) is 0 Å². The van der Waals surface area contributed by atoms with Gasteiger partial charge in [-0.1, -0.05) is 79.4 Å². The van der Waals surface area contributed by atoms with Crippen LogP contribution in [0.25, 0.3) is 6.08 Å². The molecule has 0 aliphatic carbocycles. The third kappa shape index (κ3) is 4.48. The Balaban J connectivity index is 2.06. The van der Waals surface area contributed by atoms with Crippen molar-refractivity contribution in [1.82, 2.24) is 0 Å². The molecule has 0 aliphatic heterocycles. The average Bonchev–Trinajstić information content (AvgIpc) is 2.49. The van der Waals surface area contributed by atoms with Crippen LogP contribution >= 0.6 is 0 Å². The molecule has 0 N–H and O–H groups in total. The van der Waals surface area contributed by atoms with Gasteiger partial charge in [-0.3, -0.25) is 0 Å². The Morgan fingerprint density at radius 3 is 2.21 bits per heavy atom. The van der Waals surface area contributed by atoms with Gasteiger partial charge in [-0.25, -0.2) is 0 Å². The molecule has 2 aromatic rings. The molecule has 0 saturated carbocycles. The lowest BCUT2D eigenvalue weighted by molar-refractivity contribution is 0.804. The summed E-state index contributed by atoms with van der Waals surface area (Å²) < 4.78 is 0. The first-order valence-electron chi connectivity index (χ1n) is 6.68. The largest absolute Gasteiger partial charge is 0.0903 e. The summed E-state index contributed by atoms with van der Waals surface area (Å²) in [6.07, 6.45) is 5.36. The zero-order valence-corrected chi connectivity index (χ0v) is 11.2. The summed E-state index contributed by atoms with van der Waals surface area (Å²) in [7, 11) is 0. The van der Waals surface area contributed by atoms with Gasteiger partial charge in [0.1, 0.15) is 0 Å². The molecule has 2 aromatic carbocycles. The maximum Gasteiger partial charge on any atom is 0.0387 e. The molecule has 0 saturated heterocycles. The number of rotatable bonds is 3. The minimum Gasteiger partial charge on any atom is -0.0903 e. The van der Waals surface area contributed by atoms with E-state index in [1.807, 2.05) is 36.4 Å². The van der Waals surface area contributed by atoms with Crippen molar-refractivity contribution in [2.24, 2.45) is 5.92 Å². The van der Waals surface area contributed by atoms with Gasteiger partial charge in [0.15, 0.2) is 0 Å². The Labute approximate surface area is 115 Å². The average molecular weight is 246 g/mol. The fourth-order valence-electron chi connectivity index (χ4n) is 1.78. The van der Waals surface area contributed by atoms with Crippen LogP contribution in [0.15, 0.2) is 66.7 Å². The monoisotopic (exact) mass is 246 g/mol. The van der Waals surface area contributed by atoms with Crippen molar-refractivity contribution in [3.8, 4) is 11.8 Å². The maximum absolute atomic E-state index is 3.32. The van der Waals surface area contributed by atoms with Crippen molar-refractivity contribution in [1.29, 1.82) is 0 Å². The Morgan fingerprint density at radius 2 is 1.58 bits per heavy atom. The molecule has 0 nitrogen and oxygen atoms in total. The van der Waals surface area contributed by atoms with Crippen molar-refractivity contribution >= 4 is 6.08 Å². The Kier molecular flexibility index (Phi) is 5.02. The van der Waals surface area contributed by atoms with E-state index < -0.39 is 0 Å². The zero-order chi connectivity index (χ0) is 13.3. The number of allylic oxidation sites excluding steroid dienone is 1. The Hall–Kier alpha value is -2.26. The van der Waals surface area contributed by atoms with Crippen LogP contribution in [0.1, 0.15) is 24.5 Å². The van der Waals surface area contributed by atoms with Crippen LogP contribution in [-0.4, -0.2) is 0 Å². The van der Waals surface area contributed by atoms with Gasteiger partial charge in [0.25, 0.3) is 0 Å². The van der Waals surface area contributed by atoms with Gasteiger partial charge < -0.3 is 0 Å². The molecule has 0 spiro atoms. The lowest BCUT2D eigenvalue weighted by atomic mass is 10.0. The number of hydrogen-bond donors (Lipinski definition) is 0. The van der Waals surface area contributed by atoms with Gasteiger partial charge in [0.05, 0.1) is 0 Å². The molecule has 0 amide bonds.